The van der Waals surface area contributed by atoms with Gasteiger partial charge in [0.05, 0.1) is 6.54 Å². The minimum atomic E-state index is -0.336. The average Bonchev–Trinajstić information content (AvgIpc) is 2.55. The highest BCUT2D eigenvalue weighted by Crippen LogP contribution is 2.17. The van der Waals surface area contributed by atoms with E-state index in [1.807, 2.05) is 54.6 Å². The predicted molar refractivity (Wildman–Crippen MR) is 83.9 cm³/mol. The predicted octanol–water partition coefficient (Wildman–Crippen LogP) is 1.19. The van der Waals surface area contributed by atoms with Crippen LogP contribution in [0, 0.1) is 0 Å². The molecule has 2 aromatic rings. The van der Waals surface area contributed by atoms with Crippen LogP contribution in [-0.2, 0) is 11.4 Å². The molecule has 0 aliphatic carbocycles. The van der Waals surface area contributed by atoms with Crippen molar-refractivity contribution in [3.05, 3.63) is 60.2 Å². The van der Waals surface area contributed by atoms with E-state index in [9.17, 15) is 4.79 Å². The van der Waals surface area contributed by atoms with Gasteiger partial charge in [0.1, 0.15) is 12.4 Å². The number of hydrogen-bond donors (Lipinski definition) is 4. The van der Waals surface area contributed by atoms with Crippen LogP contribution in [0.1, 0.15) is 5.56 Å². The van der Waals surface area contributed by atoms with Crippen LogP contribution in [0.4, 0.5) is 5.69 Å². The Kier molecular flexibility index (Phi) is 4.53. The van der Waals surface area contributed by atoms with E-state index in [1.54, 1.807) is 0 Å². The summed E-state index contributed by atoms with van der Waals surface area (Å²) in [4.78, 5) is 11.3. The zero-order valence-corrected chi connectivity index (χ0v) is 12.0. The number of benzene rings is 2. The number of anilines is 1. The van der Waals surface area contributed by atoms with Gasteiger partial charge in [0.25, 0.3) is 0 Å². The fourth-order valence-corrected chi connectivity index (χ4v) is 2.11. The lowest BCUT2D eigenvalue weighted by molar-refractivity contribution is -0.122. The Morgan fingerprint density at radius 1 is 1.09 bits per heavy atom. The smallest absolute Gasteiger partial charge is 0.237 e. The highest BCUT2D eigenvalue weighted by atomic mass is 16.5. The van der Waals surface area contributed by atoms with Crippen molar-refractivity contribution in [2.24, 2.45) is 0 Å². The number of carbonyl (C=O) groups is 1. The molecule has 6 heteroatoms. The molecule has 0 aromatic heterocycles. The third kappa shape index (κ3) is 3.97. The van der Waals surface area contributed by atoms with Crippen LogP contribution < -0.4 is 26.2 Å². The standard InChI is InChI=1S/C16H18N4O2/c21-15-10-17-20-16(19-15)18-13-6-8-14(9-7-13)22-11-12-4-2-1-3-5-12/h1-9,16-18,20H,10-11H2,(H,19,21). The van der Waals surface area contributed by atoms with Crippen LogP contribution in [0.25, 0.3) is 0 Å². The summed E-state index contributed by atoms with van der Waals surface area (Å²) in [7, 11) is 0. The summed E-state index contributed by atoms with van der Waals surface area (Å²) in [5.41, 5.74) is 7.75. The molecule has 1 unspecified atom stereocenters. The molecule has 1 amide bonds. The van der Waals surface area contributed by atoms with E-state index >= 15 is 0 Å². The molecule has 2 aromatic carbocycles. The van der Waals surface area contributed by atoms with Crippen LogP contribution >= 0.6 is 0 Å². The molecule has 1 aliphatic heterocycles. The maximum absolute atomic E-state index is 11.3. The summed E-state index contributed by atoms with van der Waals surface area (Å²) >= 11 is 0. The van der Waals surface area contributed by atoms with Gasteiger partial charge in [-0.1, -0.05) is 30.3 Å². The summed E-state index contributed by atoms with van der Waals surface area (Å²) < 4.78 is 5.73. The van der Waals surface area contributed by atoms with Gasteiger partial charge in [-0.05, 0) is 29.8 Å². The lowest BCUT2D eigenvalue weighted by atomic mass is 10.2. The van der Waals surface area contributed by atoms with Crippen molar-refractivity contribution in [1.82, 2.24) is 16.2 Å². The molecule has 114 valence electrons. The van der Waals surface area contributed by atoms with E-state index < -0.39 is 0 Å². The normalized spacial score (nSPS) is 17.6. The van der Waals surface area contributed by atoms with Crippen LogP contribution in [0.5, 0.6) is 5.75 Å². The summed E-state index contributed by atoms with van der Waals surface area (Å²) in [6, 6.07) is 17.6. The van der Waals surface area contributed by atoms with Crippen molar-refractivity contribution in [3.63, 3.8) is 0 Å². The monoisotopic (exact) mass is 298 g/mol. The van der Waals surface area contributed by atoms with E-state index in [4.69, 9.17) is 4.74 Å². The first-order valence-electron chi connectivity index (χ1n) is 7.11. The van der Waals surface area contributed by atoms with E-state index in [-0.39, 0.29) is 18.7 Å². The van der Waals surface area contributed by atoms with Crippen molar-refractivity contribution in [2.75, 3.05) is 11.9 Å². The Hall–Kier alpha value is -2.57. The van der Waals surface area contributed by atoms with Crippen molar-refractivity contribution in [3.8, 4) is 5.75 Å². The number of amides is 1. The second kappa shape index (κ2) is 6.93. The Bertz CT molecular complexity index is 616. The molecule has 0 saturated carbocycles. The SMILES string of the molecule is O=C1CNNC(Nc2ccc(OCc3ccccc3)cc2)N1. The molecular formula is C16H18N4O2. The largest absolute Gasteiger partial charge is 0.489 e. The second-order valence-corrected chi connectivity index (χ2v) is 4.94. The highest BCUT2D eigenvalue weighted by molar-refractivity contribution is 5.79. The third-order valence-electron chi connectivity index (χ3n) is 3.21. The van der Waals surface area contributed by atoms with Gasteiger partial charge < -0.3 is 15.4 Å². The maximum atomic E-state index is 11.3. The number of carbonyl (C=O) groups excluding carboxylic acids is 1. The van der Waals surface area contributed by atoms with E-state index in [1.165, 1.54) is 0 Å². The lowest BCUT2D eigenvalue weighted by Gasteiger charge is -2.27. The van der Waals surface area contributed by atoms with Crippen molar-refractivity contribution < 1.29 is 9.53 Å². The van der Waals surface area contributed by atoms with Crippen molar-refractivity contribution in [2.45, 2.75) is 12.9 Å². The second-order valence-electron chi connectivity index (χ2n) is 4.94. The van der Waals surface area contributed by atoms with Gasteiger partial charge in [-0.3, -0.25) is 4.79 Å². The molecule has 1 aliphatic rings. The van der Waals surface area contributed by atoms with Crippen molar-refractivity contribution in [1.29, 1.82) is 0 Å². The van der Waals surface area contributed by atoms with Gasteiger partial charge in [0, 0.05) is 5.69 Å². The zero-order chi connectivity index (χ0) is 15.2. The molecule has 3 rings (SSSR count). The Morgan fingerprint density at radius 3 is 2.59 bits per heavy atom. The molecule has 6 nitrogen and oxygen atoms in total. The molecule has 1 heterocycles. The van der Waals surface area contributed by atoms with Crippen LogP contribution in [0.3, 0.4) is 0 Å². The topological polar surface area (TPSA) is 74.4 Å². The number of hydrogen-bond acceptors (Lipinski definition) is 5. The summed E-state index contributed by atoms with van der Waals surface area (Å²) in [6.45, 7) is 0.808. The molecule has 0 spiro atoms. The van der Waals surface area contributed by atoms with Crippen LogP contribution in [0.2, 0.25) is 0 Å². The van der Waals surface area contributed by atoms with Gasteiger partial charge in [-0.2, -0.15) is 0 Å². The molecule has 1 atom stereocenters. The highest BCUT2D eigenvalue weighted by Gasteiger charge is 2.16. The van der Waals surface area contributed by atoms with Gasteiger partial charge in [0.2, 0.25) is 5.91 Å². The van der Waals surface area contributed by atoms with E-state index in [0.29, 0.717) is 6.61 Å². The quantitative estimate of drug-likeness (QED) is 0.667. The van der Waals surface area contributed by atoms with E-state index in [0.717, 1.165) is 17.0 Å². The molecular weight excluding hydrogens is 280 g/mol. The molecule has 1 fully saturated rings. The fourth-order valence-electron chi connectivity index (χ4n) is 2.11. The number of rotatable bonds is 5. The summed E-state index contributed by atoms with van der Waals surface area (Å²) in [5.74, 6) is 0.743. The molecule has 0 bridgehead atoms. The fraction of sp³-hybridized carbons (Fsp3) is 0.188. The Morgan fingerprint density at radius 2 is 1.86 bits per heavy atom. The zero-order valence-electron chi connectivity index (χ0n) is 12.0. The van der Waals surface area contributed by atoms with Gasteiger partial charge in [-0.25, -0.2) is 10.9 Å². The van der Waals surface area contributed by atoms with Gasteiger partial charge in [0.15, 0.2) is 6.29 Å². The number of nitrogens with one attached hydrogen (secondary N) is 4. The number of ether oxygens (including phenoxy) is 1. The molecule has 0 radical (unpaired) electrons. The summed E-state index contributed by atoms with van der Waals surface area (Å²) in [6.07, 6.45) is -0.336. The first-order chi connectivity index (χ1) is 10.8. The van der Waals surface area contributed by atoms with Crippen LogP contribution in [0.15, 0.2) is 54.6 Å². The van der Waals surface area contributed by atoms with Crippen LogP contribution in [-0.4, -0.2) is 18.7 Å². The summed E-state index contributed by atoms with van der Waals surface area (Å²) in [5, 5.41) is 5.92. The van der Waals surface area contributed by atoms with E-state index in [2.05, 4.69) is 21.5 Å². The lowest BCUT2D eigenvalue weighted by Crippen LogP contribution is -2.63. The minimum Gasteiger partial charge on any atom is -0.489 e. The average molecular weight is 298 g/mol. The first kappa shape index (κ1) is 14.4. The van der Waals surface area contributed by atoms with Gasteiger partial charge in [-0.15, -0.1) is 0 Å². The van der Waals surface area contributed by atoms with Gasteiger partial charge >= 0.3 is 0 Å². The van der Waals surface area contributed by atoms with Crippen molar-refractivity contribution >= 4 is 11.6 Å². The molecule has 22 heavy (non-hydrogen) atoms. The Balaban J connectivity index is 1.52. The molecule has 1 saturated heterocycles. The number of hydrazine groups is 1. The minimum absolute atomic E-state index is 0.0564. The first-order valence-corrected chi connectivity index (χ1v) is 7.11. The maximum Gasteiger partial charge on any atom is 0.237 e. The third-order valence-corrected chi connectivity index (χ3v) is 3.21. The molecule has 4 N–H and O–H groups in total. The Labute approximate surface area is 128 Å².